The lowest BCUT2D eigenvalue weighted by Crippen LogP contribution is -2.44. The van der Waals surface area contributed by atoms with Crippen LogP contribution in [-0.4, -0.2) is 57.9 Å². The van der Waals surface area contributed by atoms with E-state index in [1.165, 1.54) is 0 Å². The molecule has 1 heterocycles. The van der Waals surface area contributed by atoms with Gasteiger partial charge in [0.25, 0.3) is 0 Å². The number of sulfonamides is 1. The van der Waals surface area contributed by atoms with Gasteiger partial charge in [0, 0.05) is 32.8 Å². The van der Waals surface area contributed by atoms with Gasteiger partial charge in [0.1, 0.15) is 0 Å². The molecule has 0 aliphatic carbocycles. The molecule has 0 amide bonds. The molecule has 0 aromatic carbocycles. The van der Waals surface area contributed by atoms with Gasteiger partial charge in [-0.2, -0.15) is 0 Å². The Hall–Kier alpha value is -0.170. The van der Waals surface area contributed by atoms with Gasteiger partial charge in [-0.1, -0.05) is 6.92 Å². The van der Waals surface area contributed by atoms with Gasteiger partial charge in [0.05, 0.1) is 5.75 Å². The number of piperidine rings is 1. The smallest absolute Gasteiger partial charge is 0.214 e. The molecular formula is C14H30N2O3S. The van der Waals surface area contributed by atoms with Gasteiger partial charge in [-0.25, -0.2) is 12.7 Å². The maximum absolute atomic E-state index is 12.2. The molecule has 1 rings (SSSR count). The first-order chi connectivity index (χ1) is 9.51. The molecule has 20 heavy (non-hydrogen) atoms. The Balaban J connectivity index is 2.37. The van der Waals surface area contributed by atoms with Crippen LogP contribution >= 0.6 is 0 Å². The monoisotopic (exact) mass is 306 g/mol. The summed E-state index contributed by atoms with van der Waals surface area (Å²) in [5.74, 6) is 0.793. The summed E-state index contributed by atoms with van der Waals surface area (Å²) >= 11 is 0. The molecule has 120 valence electrons. The van der Waals surface area contributed by atoms with Gasteiger partial charge in [-0.15, -0.1) is 0 Å². The van der Waals surface area contributed by atoms with Gasteiger partial charge in [-0.3, -0.25) is 0 Å². The quantitative estimate of drug-likeness (QED) is 0.655. The van der Waals surface area contributed by atoms with Crippen LogP contribution in [0.3, 0.4) is 0 Å². The minimum atomic E-state index is -3.09. The highest BCUT2D eigenvalue weighted by Crippen LogP contribution is 2.23. The number of ether oxygens (including phenoxy) is 1. The first-order valence-electron chi connectivity index (χ1n) is 7.71. The minimum absolute atomic E-state index is 0.204. The van der Waals surface area contributed by atoms with E-state index in [1.807, 2.05) is 0 Å². The molecule has 0 radical (unpaired) electrons. The first-order valence-corrected chi connectivity index (χ1v) is 9.32. The largest absolute Gasteiger partial charge is 0.385 e. The Labute approximate surface area is 124 Å². The van der Waals surface area contributed by atoms with Gasteiger partial charge >= 0.3 is 0 Å². The topological polar surface area (TPSA) is 58.6 Å². The van der Waals surface area contributed by atoms with Gasteiger partial charge < -0.3 is 10.1 Å². The van der Waals surface area contributed by atoms with Crippen LogP contribution in [0.5, 0.6) is 0 Å². The Kier molecular flexibility index (Phi) is 8.02. The fourth-order valence-electron chi connectivity index (χ4n) is 2.71. The number of nitrogens with zero attached hydrogens (tertiary/aromatic N) is 1. The van der Waals surface area contributed by atoms with Crippen LogP contribution in [0.25, 0.3) is 0 Å². The summed E-state index contributed by atoms with van der Waals surface area (Å²) in [4.78, 5) is 0. The fraction of sp³-hybridized carbons (Fsp3) is 1.00. The van der Waals surface area contributed by atoms with Crippen LogP contribution in [-0.2, 0) is 14.8 Å². The van der Waals surface area contributed by atoms with E-state index in [1.54, 1.807) is 11.4 Å². The molecule has 6 heteroatoms. The van der Waals surface area contributed by atoms with Crippen molar-refractivity contribution in [2.75, 3.05) is 39.1 Å². The summed E-state index contributed by atoms with van der Waals surface area (Å²) in [6.45, 7) is 7.25. The van der Waals surface area contributed by atoms with Crippen molar-refractivity contribution in [2.45, 2.75) is 45.6 Å². The molecule has 0 saturated carbocycles. The SMILES string of the molecule is CCCNC(C)C1CCN(S(=O)(=O)CCCOC)CC1. The van der Waals surface area contributed by atoms with Crippen molar-refractivity contribution in [1.29, 1.82) is 0 Å². The molecule has 1 N–H and O–H groups in total. The van der Waals surface area contributed by atoms with E-state index in [2.05, 4.69) is 19.2 Å². The molecule has 1 atom stereocenters. The molecule has 1 fully saturated rings. The third-order valence-electron chi connectivity index (χ3n) is 4.07. The van der Waals surface area contributed by atoms with E-state index >= 15 is 0 Å². The Morgan fingerprint density at radius 3 is 2.55 bits per heavy atom. The molecule has 0 aromatic heterocycles. The highest BCUT2D eigenvalue weighted by atomic mass is 32.2. The third kappa shape index (κ3) is 5.68. The van der Waals surface area contributed by atoms with E-state index in [0.29, 0.717) is 38.1 Å². The maximum Gasteiger partial charge on any atom is 0.214 e. The average Bonchev–Trinajstić information content (AvgIpc) is 2.45. The van der Waals surface area contributed by atoms with Crippen LogP contribution in [0.2, 0.25) is 0 Å². The Bertz CT molecular complexity index is 351. The Morgan fingerprint density at radius 2 is 2.00 bits per heavy atom. The summed E-state index contributed by atoms with van der Waals surface area (Å²) in [6.07, 6.45) is 3.63. The standard InChI is InChI=1S/C14H30N2O3S/c1-4-8-15-13(2)14-6-9-16(10-7-14)20(17,18)12-5-11-19-3/h13-15H,4-12H2,1-3H3. The minimum Gasteiger partial charge on any atom is -0.385 e. The summed E-state index contributed by atoms with van der Waals surface area (Å²) in [6, 6.07) is 0.480. The van der Waals surface area contributed by atoms with E-state index in [-0.39, 0.29) is 5.75 Å². The highest BCUT2D eigenvalue weighted by molar-refractivity contribution is 7.89. The summed E-state index contributed by atoms with van der Waals surface area (Å²) in [5.41, 5.74) is 0. The number of nitrogens with one attached hydrogen (secondary N) is 1. The lowest BCUT2D eigenvalue weighted by Gasteiger charge is -2.34. The van der Waals surface area contributed by atoms with Crippen molar-refractivity contribution < 1.29 is 13.2 Å². The molecule has 1 aliphatic rings. The highest BCUT2D eigenvalue weighted by Gasteiger charge is 2.29. The molecule has 5 nitrogen and oxygen atoms in total. The van der Waals surface area contributed by atoms with E-state index < -0.39 is 10.0 Å². The number of rotatable bonds is 9. The number of methoxy groups -OCH3 is 1. The molecule has 1 aliphatic heterocycles. The molecule has 0 spiro atoms. The second-order valence-electron chi connectivity index (χ2n) is 5.64. The first kappa shape index (κ1) is 17.9. The second-order valence-corrected chi connectivity index (χ2v) is 7.73. The summed E-state index contributed by atoms with van der Waals surface area (Å²) in [7, 11) is -1.49. The van der Waals surface area contributed by atoms with Crippen LogP contribution in [0.15, 0.2) is 0 Å². The van der Waals surface area contributed by atoms with Crippen molar-refractivity contribution in [3.63, 3.8) is 0 Å². The van der Waals surface area contributed by atoms with Crippen molar-refractivity contribution in [2.24, 2.45) is 5.92 Å². The normalized spacial score (nSPS) is 20.1. The predicted octanol–water partition coefficient (Wildman–Crippen LogP) is 1.45. The molecule has 0 aromatic rings. The molecule has 1 saturated heterocycles. The summed E-state index contributed by atoms with van der Waals surface area (Å²) < 4.78 is 30.9. The lowest BCUT2D eigenvalue weighted by atomic mass is 9.91. The number of hydrogen-bond donors (Lipinski definition) is 1. The average molecular weight is 306 g/mol. The fourth-order valence-corrected chi connectivity index (χ4v) is 4.22. The van der Waals surface area contributed by atoms with Crippen molar-refractivity contribution in [3.8, 4) is 0 Å². The lowest BCUT2D eigenvalue weighted by molar-refractivity contribution is 0.198. The number of hydrogen-bond acceptors (Lipinski definition) is 4. The van der Waals surface area contributed by atoms with Gasteiger partial charge in [-0.05, 0) is 45.1 Å². The van der Waals surface area contributed by atoms with Crippen LogP contribution in [0.1, 0.15) is 39.5 Å². The van der Waals surface area contributed by atoms with Crippen molar-refractivity contribution in [3.05, 3.63) is 0 Å². The van der Waals surface area contributed by atoms with Gasteiger partial charge in [0.2, 0.25) is 10.0 Å². The zero-order valence-electron chi connectivity index (χ0n) is 13.1. The van der Waals surface area contributed by atoms with Gasteiger partial charge in [0.15, 0.2) is 0 Å². The zero-order chi connectivity index (χ0) is 15.0. The van der Waals surface area contributed by atoms with E-state index in [4.69, 9.17) is 4.74 Å². The maximum atomic E-state index is 12.2. The zero-order valence-corrected chi connectivity index (χ0v) is 13.9. The van der Waals surface area contributed by atoms with Crippen molar-refractivity contribution >= 4 is 10.0 Å². The molecule has 1 unspecified atom stereocenters. The second kappa shape index (κ2) is 8.97. The van der Waals surface area contributed by atoms with Crippen LogP contribution in [0, 0.1) is 5.92 Å². The summed E-state index contributed by atoms with van der Waals surface area (Å²) in [5, 5.41) is 3.51. The Morgan fingerprint density at radius 1 is 1.35 bits per heavy atom. The molecule has 0 bridgehead atoms. The van der Waals surface area contributed by atoms with E-state index in [0.717, 1.165) is 25.8 Å². The van der Waals surface area contributed by atoms with E-state index in [9.17, 15) is 8.42 Å². The van der Waals surface area contributed by atoms with Crippen molar-refractivity contribution in [1.82, 2.24) is 9.62 Å². The predicted molar refractivity (Wildman–Crippen MR) is 82.3 cm³/mol. The van der Waals surface area contributed by atoms with Crippen LogP contribution in [0.4, 0.5) is 0 Å². The van der Waals surface area contributed by atoms with Crippen LogP contribution < -0.4 is 5.32 Å². The molecular weight excluding hydrogens is 276 g/mol. The third-order valence-corrected chi connectivity index (χ3v) is 6.02.